The van der Waals surface area contributed by atoms with Crippen molar-refractivity contribution in [1.29, 1.82) is 5.26 Å². The van der Waals surface area contributed by atoms with E-state index in [1.165, 1.54) is 19.2 Å². The molecule has 7 nitrogen and oxygen atoms in total. The quantitative estimate of drug-likeness (QED) is 0.654. The summed E-state index contributed by atoms with van der Waals surface area (Å²) in [4.78, 5) is 12.8. The average Bonchev–Trinajstić information content (AvgIpc) is 2.68. The Labute approximate surface area is 171 Å². The number of ether oxygens (including phenoxy) is 1. The second-order valence-electron chi connectivity index (χ2n) is 7.00. The first-order valence-electron chi connectivity index (χ1n) is 9.18. The third-order valence-corrected chi connectivity index (χ3v) is 5.68. The molecule has 0 aliphatic heterocycles. The van der Waals surface area contributed by atoms with E-state index in [1.54, 1.807) is 36.4 Å². The summed E-state index contributed by atoms with van der Waals surface area (Å²) in [6.07, 6.45) is 0.625. The molecular formula is C21H25N3O4S. The lowest BCUT2D eigenvalue weighted by atomic mass is 10.0. The van der Waals surface area contributed by atoms with Gasteiger partial charge in [-0.2, -0.15) is 9.98 Å². The molecule has 2 aromatic carbocycles. The Balaban J connectivity index is 2.16. The normalized spacial score (nSPS) is 12.2. The number of rotatable bonds is 9. The van der Waals surface area contributed by atoms with Gasteiger partial charge < -0.3 is 10.1 Å². The lowest BCUT2D eigenvalue weighted by molar-refractivity contribution is -0.118. The van der Waals surface area contributed by atoms with Crippen LogP contribution in [0.2, 0.25) is 0 Å². The van der Waals surface area contributed by atoms with Crippen molar-refractivity contribution in [3.63, 3.8) is 0 Å². The molecule has 0 heterocycles. The van der Waals surface area contributed by atoms with Crippen LogP contribution in [0.1, 0.15) is 25.8 Å². The second-order valence-corrected chi connectivity index (χ2v) is 8.71. The number of sulfonamides is 1. The molecule has 29 heavy (non-hydrogen) atoms. The van der Waals surface area contributed by atoms with Crippen LogP contribution in [0.5, 0.6) is 5.75 Å². The Morgan fingerprint density at radius 3 is 2.24 bits per heavy atom. The van der Waals surface area contributed by atoms with E-state index in [-0.39, 0.29) is 17.2 Å². The van der Waals surface area contributed by atoms with E-state index in [0.29, 0.717) is 17.9 Å². The minimum atomic E-state index is -3.88. The van der Waals surface area contributed by atoms with Gasteiger partial charge in [-0.25, -0.2) is 8.42 Å². The summed E-state index contributed by atoms with van der Waals surface area (Å²) >= 11 is 0. The Morgan fingerprint density at radius 2 is 1.72 bits per heavy atom. The summed E-state index contributed by atoms with van der Waals surface area (Å²) < 4.78 is 33.0. The van der Waals surface area contributed by atoms with Gasteiger partial charge in [0.15, 0.2) is 0 Å². The average molecular weight is 416 g/mol. The zero-order valence-corrected chi connectivity index (χ0v) is 17.5. The molecule has 0 radical (unpaired) electrons. The molecule has 1 amide bonds. The molecule has 0 aliphatic carbocycles. The fourth-order valence-corrected chi connectivity index (χ4v) is 3.93. The van der Waals surface area contributed by atoms with Crippen molar-refractivity contribution in [3.05, 3.63) is 54.1 Å². The molecule has 0 saturated heterocycles. The molecule has 2 aromatic rings. The maximum Gasteiger partial charge on any atom is 0.242 e. The highest BCUT2D eigenvalue weighted by molar-refractivity contribution is 7.89. The molecule has 2 rings (SSSR count). The standard InChI is InChI=1S/C21H25N3O4S/c1-15(2)14-20(21(25)23-17-6-4-16(5-7-17)12-13-22)24-29(26,27)19-10-8-18(28-3)9-11-19/h4-11,15,20,24H,12,14H2,1-3H3,(H,23,25)/t20-/m0/s1. The maximum absolute atomic E-state index is 12.8. The third kappa shape index (κ3) is 6.59. The molecular weight excluding hydrogens is 390 g/mol. The highest BCUT2D eigenvalue weighted by atomic mass is 32.2. The monoisotopic (exact) mass is 415 g/mol. The molecule has 0 fully saturated rings. The lowest BCUT2D eigenvalue weighted by Crippen LogP contribution is -2.44. The van der Waals surface area contributed by atoms with Gasteiger partial charge in [0.2, 0.25) is 15.9 Å². The van der Waals surface area contributed by atoms with E-state index >= 15 is 0 Å². The van der Waals surface area contributed by atoms with Crippen LogP contribution in [0, 0.1) is 17.2 Å². The first-order valence-corrected chi connectivity index (χ1v) is 10.7. The van der Waals surface area contributed by atoms with E-state index in [9.17, 15) is 13.2 Å². The summed E-state index contributed by atoms with van der Waals surface area (Å²) in [6, 6.07) is 14.0. The second kappa shape index (κ2) is 10.0. The molecule has 0 aromatic heterocycles. The topological polar surface area (TPSA) is 108 Å². The highest BCUT2D eigenvalue weighted by Crippen LogP contribution is 2.18. The van der Waals surface area contributed by atoms with Gasteiger partial charge in [-0.1, -0.05) is 26.0 Å². The number of hydrogen-bond donors (Lipinski definition) is 2. The number of nitriles is 1. The van der Waals surface area contributed by atoms with Gasteiger partial charge in [0.1, 0.15) is 11.8 Å². The summed E-state index contributed by atoms with van der Waals surface area (Å²) in [5, 5.41) is 11.5. The molecule has 154 valence electrons. The zero-order valence-electron chi connectivity index (χ0n) is 16.7. The van der Waals surface area contributed by atoms with Crippen LogP contribution in [-0.2, 0) is 21.2 Å². The van der Waals surface area contributed by atoms with Crippen LogP contribution >= 0.6 is 0 Å². The predicted octanol–water partition coefficient (Wildman–Crippen LogP) is 3.09. The number of methoxy groups -OCH3 is 1. The first kappa shape index (κ1) is 22.4. The van der Waals surface area contributed by atoms with Crippen LogP contribution in [0.3, 0.4) is 0 Å². The number of carbonyl (C=O) groups excluding carboxylic acids is 1. The predicted molar refractivity (Wildman–Crippen MR) is 111 cm³/mol. The number of anilines is 1. The van der Waals surface area contributed by atoms with Gasteiger partial charge in [0.25, 0.3) is 0 Å². The fourth-order valence-electron chi connectivity index (χ4n) is 2.72. The van der Waals surface area contributed by atoms with Gasteiger partial charge in [-0.05, 0) is 54.3 Å². The van der Waals surface area contributed by atoms with E-state index < -0.39 is 22.0 Å². The molecule has 2 N–H and O–H groups in total. The lowest BCUT2D eigenvalue weighted by Gasteiger charge is -2.20. The molecule has 0 bridgehead atoms. The van der Waals surface area contributed by atoms with Crippen LogP contribution < -0.4 is 14.8 Å². The van der Waals surface area contributed by atoms with Crippen LogP contribution in [0.15, 0.2) is 53.4 Å². The largest absolute Gasteiger partial charge is 0.497 e. The fraction of sp³-hybridized carbons (Fsp3) is 0.333. The van der Waals surface area contributed by atoms with Gasteiger partial charge >= 0.3 is 0 Å². The van der Waals surface area contributed by atoms with Crippen molar-refractivity contribution in [1.82, 2.24) is 4.72 Å². The summed E-state index contributed by atoms with van der Waals surface area (Å²) in [5.41, 5.74) is 1.37. The van der Waals surface area contributed by atoms with Gasteiger partial charge in [-0.15, -0.1) is 0 Å². The number of nitrogens with zero attached hydrogens (tertiary/aromatic N) is 1. The Morgan fingerprint density at radius 1 is 1.10 bits per heavy atom. The Hall–Kier alpha value is -2.89. The SMILES string of the molecule is COc1ccc(S(=O)(=O)N[C@@H](CC(C)C)C(=O)Nc2ccc(CC#N)cc2)cc1. The van der Waals surface area contributed by atoms with Crippen LogP contribution in [-0.4, -0.2) is 27.5 Å². The summed E-state index contributed by atoms with van der Waals surface area (Å²) in [6.45, 7) is 3.83. The van der Waals surface area contributed by atoms with Crippen LogP contribution in [0.4, 0.5) is 5.69 Å². The zero-order chi connectivity index (χ0) is 21.4. The van der Waals surface area contributed by atoms with Crippen molar-refractivity contribution in [2.24, 2.45) is 5.92 Å². The van der Waals surface area contributed by atoms with Gasteiger partial charge in [-0.3, -0.25) is 4.79 Å². The van der Waals surface area contributed by atoms with Crippen molar-refractivity contribution in [2.75, 3.05) is 12.4 Å². The minimum absolute atomic E-state index is 0.0562. The van der Waals surface area contributed by atoms with Crippen molar-refractivity contribution < 1.29 is 17.9 Å². The van der Waals surface area contributed by atoms with E-state index in [0.717, 1.165) is 5.56 Å². The highest BCUT2D eigenvalue weighted by Gasteiger charge is 2.26. The molecule has 0 unspecified atom stereocenters. The molecule has 0 saturated carbocycles. The van der Waals surface area contributed by atoms with E-state index in [4.69, 9.17) is 10.00 Å². The molecule has 0 aliphatic rings. The summed E-state index contributed by atoms with van der Waals surface area (Å²) in [5.74, 6) is 0.200. The number of nitrogens with one attached hydrogen (secondary N) is 2. The van der Waals surface area contributed by atoms with Gasteiger partial charge in [0.05, 0.1) is 24.5 Å². The third-order valence-electron chi connectivity index (χ3n) is 4.20. The van der Waals surface area contributed by atoms with Gasteiger partial charge in [0, 0.05) is 5.69 Å². The number of amides is 1. The van der Waals surface area contributed by atoms with Crippen molar-refractivity contribution in [3.8, 4) is 11.8 Å². The van der Waals surface area contributed by atoms with Crippen LogP contribution in [0.25, 0.3) is 0 Å². The van der Waals surface area contributed by atoms with Crippen molar-refractivity contribution in [2.45, 2.75) is 37.6 Å². The van der Waals surface area contributed by atoms with E-state index in [1.807, 2.05) is 13.8 Å². The minimum Gasteiger partial charge on any atom is -0.497 e. The summed E-state index contributed by atoms with van der Waals surface area (Å²) in [7, 11) is -2.39. The van der Waals surface area contributed by atoms with E-state index in [2.05, 4.69) is 16.1 Å². The molecule has 0 spiro atoms. The number of hydrogen-bond acceptors (Lipinski definition) is 5. The van der Waals surface area contributed by atoms with Crippen molar-refractivity contribution >= 4 is 21.6 Å². The molecule has 8 heteroatoms. The Kier molecular flexibility index (Phi) is 7.76. The first-order chi connectivity index (χ1) is 13.7. The maximum atomic E-state index is 12.8. The molecule has 1 atom stereocenters. The smallest absolute Gasteiger partial charge is 0.242 e. The number of benzene rings is 2. The number of carbonyl (C=O) groups is 1. The Bertz CT molecular complexity index is 962.